The Balaban J connectivity index is 1.50. The quantitative estimate of drug-likeness (QED) is 0.809. The predicted molar refractivity (Wildman–Crippen MR) is 99.3 cm³/mol. The topological polar surface area (TPSA) is 50.1 Å². The van der Waals surface area contributed by atoms with E-state index in [1.54, 1.807) is 28.9 Å². The van der Waals surface area contributed by atoms with E-state index in [0.29, 0.717) is 12.0 Å². The van der Waals surface area contributed by atoms with Gasteiger partial charge < -0.3 is 4.74 Å². The summed E-state index contributed by atoms with van der Waals surface area (Å²) in [6.07, 6.45) is 4.45. The zero-order chi connectivity index (χ0) is 17.4. The second kappa shape index (κ2) is 7.15. The van der Waals surface area contributed by atoms with Crippen molar-refractivity contribution < 1.29 is 4.74 Å². The van der Waals surface area contributed by atoms with Crippen molar-refractivity contribution in [1.29, 1.82) is 0 Å². The van der Waals surface area contributed by atoms with Crippen molar-refractivity contribution in [3.63, 3.8) is 0 Å². The van der Waals surface area contributed by atoms with Crippen LogP contribution in [0.1, 0.15) is 23.4 Å². The highest BCUT2D eigenvalue weighted by Crippen LogP contribution is 2.28. The summed E-state index contributed by atoms with van der Waals surface area (Å²) in [5.74, 6) is 0.712. The van der Waals surface area contributed by atoms with Gasteiger partial charge in [0.25, 0.3) is 5.56 Å². The van der Waals surface area contributed by atoms with Crippen LogP contribution >= 0.6 is 11.3 Å². The van der Waals surface area contributed by atoms with E-state index in [-0.39, 0.29) is 5.56 Å². The van der Waals surface area contributed by atoms with Gasteiger partial charge >= 0.3 is 0 Å². The molecule has 0 amide bonds. The van der Waals surface area contributed by atoms with Crippen LogP contribution in [0, 0.1) is 12.8 Å². The maximum atomic E-state index is 12.3. The number of aromatic nitrogens is 2. The molecule has 3 saturated heterocycles. The third kappa shape index (κ3) is 3.65. The minimum absolute atomic E-state index is 0.0314. The molecule has 0 saturated carbocycles. The lowest BCUT2D eigenvalue weighted by Crippen LogP contribution is -2.45. The summed E-state index contributed by atoms with van der Waals surface area (Å²) in [5.41, 5.74) is 0.931. The van der Waals surface area contributed by atoms with Gasteiger partial charge in [0.15, 0.2) is 4.96 Å². The molecule has 0 aliphatic carbocycles. The molecule has 3 aliphatic rings. The Hall–Kier alpha value is -1.28. The molecule has 0 radical (unpaired) electrons. The zero-order valence-electron chi connectivity index (χ0n) is 15.0. The summed E-state index contributed by atoms with van der Waals surface area (Å²) >= 11 is 1.58. The molecule has 136 valence electrons. The van der Waals surface area contributed by atoms with E-state index in [1.807, 2.05) is 13.1 Å². The number of hydrogen-bond acceptors (Lipinski definition) is 6. The lowest BCUT2D eigenvalue weighted by molar-refractivity contribution is 0.0867. The lowest BCUT2D eigenvalue weighted by atomic mass is 9.95. The zero-order valence-corrected chi connectivity index (χ0v) is 15.8. The summed E-state index contributed by atoms with van der Waals surface area (Å²) < 4.78 is 6.93. The number of piperidine rings is 1. The molecule has 2 aromatic rings. The van der Waals surface area contributed by atoms with Gasteiger partial charge in [-0.25, -0.2) is 4.98 Å². The highest BCUT2D eigenvalue weighted by Gasteiger charge is 2.34. The van der Waals surface area contributed by atoms with Gasteiger partial charge in [-0.3, -0.25) is 19.0 Å². The fourth-order valence-electron chi connectivity index (χ4n) is 4.26. The van der Waals surface area contributed by atoms with Crippen molar-refractivity contribution in [1.82, 2.24) is 19.2 Å². The second-order valence-corrected chi connectivity index (χ2v) is 8.57. The Labute approximate surface area is 152 Å². The molecular weight excluding hydrogens is 336 g/mol. The van der Waals surface area contributed by atoms with E-state index in [0.717, 1.165) is 48.3 Å². The number of aryl methyl sites for hydroxylation is 1. The largest absolute Gasteiger partial charge is 0.383 e. The molecule has 2 atom stereocenters. The Bertz CT molecular complexity index is 802. The molecule has 2 bridgehead atoms. The number of methoxy groups -OCH3 is 1. The first kappa shape index (κ1) is 17.1. The number of thiazole rings is 1. The van der Waals surface area contributed by atoms with Gasteiger partial charge in [-0.2, -0.15) is 0 Å². The summed E-state index contributed by atoms with van der Waals surface area (Å²) in [6.45, 7) is 7.94. The molecule has 5 rings (SSSR count). The third-order valence-corrected chi connectivity index (χ3v) is 6.30. The molecule has 0 unspecified atom stereocenters. The van der Waals surface area contributed by atoms with E-state index < -0.39 is 0 Å². The second-order valence-electron chi connectivity index (χ2n) is 7.36. The van der Waals surface area contributed by atoms with Gasteiger partial charge in [0.05, 0.1) is 12.3 Å². The van der Waals surface area contributed by atoms with Crippen LogP contribution in [-0.4, -0.2) is 65.1 Å². The highest BCUT2D eigenvalue weighted by atomic mass is 32.1. The fraction of sp³-hybridized carbons (Fsp3) is 0.667. The summed E-state index contributed by atoms with van der Waals surface area (Å²) in [5, 5.41) is 0. The van der Waals surface area contributed by atoms with E-state index in [1.165, 1.54) is 19.4 Å². The van der Waals surface area contributed by atoms with Gasteiger partial charge in [-0.1, -0.05) is 0 Å². The molecule has 3 fully saturated rings. The Morgan fingerprint density at radius 1 is 1.32 bits per heavy atom. The molecule has 2 aromatic heterocycles. The van der Waals surface area contributed by atoms with Crippen molar-refractivity contribution >= 4 is 16.3 Å². The molecular formula is C18H26N4O2S. The first-order valence-electron chi connectivity index (χ1n) is 9.06. The number of hydrogen-bond donors (Lipinski definition) is 0. The van der Waals surface area contributed by atoms with Crippen LogP contribution in [0.4, 0.5) is 0 Å². The van der Waals surface area contributed by atoms with Crippen LogP contribution in [0.3, 0.4) is 0 Å². The van der Waals surface area contributed by atoms with Gasteiger partial charge in [0, 0.05) is 63.0 Å². The average molecular weight is 362 g/mol. The van der Waals surface area contributed by atoms with Crippen molar-refractivity contribution in [3.8, 4) is 0 Å². The maximum Gasteiger partial charge on any atom is 0.258 e. The Morgan fingerprint density at radius 3 is 3.04 bits per heavy atom. The minimum atomic E-state index is 0.0314. The Morgan fingerprint density at radius 2 is 2.20 bits per heavy atom. The molecule has 0 spiro atoms. The number of fused-ring (bicyclic) bond motifs is 5. The molecule has 25 heavy (non-hydrogen) atoms. The van der Waals surface area contributed by atoms with Crippen LogP contribution in [-0.2, 0) is 11.3 Å². The average Bonchev–Trinajstić information content (AvgIpc) is 2.75. The molecule has 5 heterocycles. The van der Waals surface area contributed by atoms with Crippen LogP contribution in [0.2, 0.25) is 0 Å². The first-order chi connectivity index (χ1) is 12.1. The van der Waals surface area contributed by atoms with Gasteiger partial charge in [0.1, 0.15) is 0 Å². The standard InChI is InChI=1S/C18H26N4O2S/c1-13-8-22-17(23)7-15(19-18(22)25-13)11-20-9-14-3-4-16(12-20)21(10-14)5-6-24-2/h7-8,14,16H,3-6,9-12H2,1-2H3/t14-,16+/m1/s1. The highest BCUT2D eigenvalue weighted by molar-refractivity contribution is 7.16. The normalized spacial score (nSPS) is 24.9. The monoisotopic (exact) mass is 362 g/mol. The van der Waals surface area contributed by atoms with Gasteiger partial charge in [-0.05, 0) is 25.7 Å². The molecule has 3 aliphatic heterocycles. The van der Waals surface area contributed by atoms with Crippen LogP contribution in [0.5, 0.6) is 0 Å². The van der Waals surface area contributed by atoms with Gasteiger partial charge in [-0.15, -0.1) is 11.3 Å². The number of nitrogens with zero attached hydrogens (tertiary/aromatic N) is 4. The van der Waals surface area contributed by atoms with E-state index in [4.69, 9.17) is 9.72 Å². The van der Waals surface area contributed by atoms with Crippen molar-refractivity contribution in [2.45, 2.75) is 32.4 Å². The minimum Gasteiger partial charge on any atom is -0.383 e. The van der Waals surface area contributed by atoms with Gasteiger partial charge in [0.2, 0.25) is 0 Å². The summed E-state index contributed by atoms with van der Waals surface area (Å²) in [6, 6.07) is 2.30. The molecule has 0 aromatic carbocycles. The molecule has 7 heteroatoms. The van der Waals surface area contributed by atoms with Crippen molar-refractivity contribution in [3.05, 3.63) is 33.2 Å². The fourth-order valence-corrected chi connectivity index (χ4v) is 5.11. The van der Waals surface area contributed by atoms with Crippen molar-refractivity contribution in [2.24, 2.45) is 5.92 Å². The third-order valence-electron chi connectivity index (χ3n) is 5.41. The SMILES string of the molecule is COCCN1C[C@@H]2CC[C@H]1CN(Cc1cc(=O)n3cc(C)sc3n1)C2. The number of rotatable bonds is 5. The van der Waals surface area contributed by atoms with Crippen LogP contribution in [0.15, 0.2) is 17.1 Å². The van der Waals surface area contributed by atoms with E-state index in [2.05, 4.69) is 9.80 Å². The van der Waals surface area contributed by atoms with Crippen molar-refractivity contribution in [2.75, 3.05) is 39.9 Å². The maximum absolute atomic E-state index is 12.3. The molecule has 0 N–H and O–H groups in total. The lowest BCUT2D eigenvalue weighted by Gasteiger charge is -2.35. The molecule has 6 nitrogen and oxygen atoms in total. The van der Waals surface area contributed by atoms with E-state index >= 15 is 0 Å². The van der Waals surface area contributed by atoms with Crippen LogP contribution in [0.25, 0.3) is 4.96 Å². The summed E-state index contributed by atoms with van der Waals surface area (Å²) in [7, 11) is 1.77. The van der Waals surface area contributed by atoms with E-state index in [9.17, 15) is 4.79 Å². The Kier molecular flexibility index (Phi) is 4.90. The number of ether oxygens (including phenoxy) is 1. The predicted octanol–water partition coefficient (Wildman–Crippen LogP) is 1.61. The smallest absolute Gasteiger partial charge is 0.258 e. The summed E-state index contributed by atoms with van der Waals surface area (Å²) in [4.78, 5) is 24.1. The van der Waals surface area contributed by atoms with Crippen LogP contribution < -0.4 is 5.56 Å². The first-order valence-corrected chi connectivity index (χ1v) is 9.88.